The summed E-state index contributed by atoms with van der Waals surface area (Å²) in [6, 6.07) is 6.08. The van der Waals surface area contributed by atoms with Gasteiger partial charge >= 0.3 is 0 Å². The molecule has 0 unspecified atom stereocenters. The molecule has 4 nitrogen and oxygen atoms in total. The number of hydrogen-bond donors (Lipinski definition) is 1. The van der Waals surface area contributed by atoms with E-state index >= 15 is 0 Å². The molecule has 94 valence electrons. The van der Waals surface area contributed by atoms with E-state index < -0.39 is 9.84 Å². The van der Waals surface area contributed by atoms with E-state index in [9.17, 15) is 13.2 Å². The number of ketones is 1. The lowest BCUT2D eigenvalue weighted by Gasteiger charge is -2.04. The summed E-state index contributed by atoms with van der Waals surface area (Å²) in [6.07, 6.45) is 0. The van der Waals surface area contributed by atoms with Crippen molar-refractivity contribution in [1.29, 1.82) is 0 Å². The zero-order valence-corrected chi connectivity index (χ0v) is 10.9. The fraction of sp³-hybridized carbons (Fsp3) is 0.417. The molecule has 5 heteroatoms. The Kier molecular flexibility index (Phi) is 4.84. The van der Waals surface area contributed by atoms with E-state index in [0.717, 1.165) is 6.54 Å². The number of carbonyl (C=O) groups excluding carboxylic acids is 1. The molecular weight excluding hydrogens is 238 g/mol. The smallest absolute Gasteiger partial charge is 0.178 e. The molecule has 0 aliphatic rings. The van der Waals surface area contributed by atoms with Crippen LogP contribution in [0.25, 0.3) is 0 Å². The summed E-state index contributed by atoms with van der Waals surface area (Å²) in [5.74, 6) is 0.0322. The Morgan fingerprint density at radius 1 is 1.18 bits per heavy atom. The molecule has 1 aromatic carbocycles. The first-order chi connectivity index (χ1) is 8.01. The molecule has 0 spiro atoms. The first-order valence-corrected chi connectivity index (χ1v) is 7.23. The minimum Gasteiger partial charge on any atom is -0.310 e. The lowest BCUT2D eigenvalue weighted by molar-refractivity contribution is 0.0991. The van der Waals surface area contributed by atoms with E-state index in [0.29, 0.717) is 5.56 Å². The molecule has 0 radical (unpaired) electrons. The van der Waals surface area contributed by atoms with Gasteiger partial charge in [-0.1, -0.05) is 26.0 Å². The Balaban J connectivity index is 2.85. The molecule has 0 atom stereocenters. The maximum atomic E-state index is 11.6. The quantitative estimate of drug-likeness (QED) is 0.778. The highest BCUT2D eigenvalue weighted by Crippen LogP contribution is 2.12. The van der Waals surface area contributed by atoms with Gasteiger partial charge in [-0.3, -0.25) is 4.79 Å². The van der Waals surface area contributed by atoms with E-state index in [-0.39, 0.29) is 23.0 Å². The van der Waals surface area contributed by atoms with Crippen LogP contribution in [-0.2, 0) is 9.84 Å². The average molecular weight is 255 g/mol. The van der Waals surface area contributed by atoms with Crippen molar-refractivity contribution in [3.05, 3.63) is 29.8 Å². The summed E-state index contributed by atoms with van der Waals surface area (Å²) in [7, 11) is -3.18. The first kappa shape index (κ1) is 13.9. The zero-order chi connectivity index (χ0) is 12.9. The summed E-state index contributed by atoms with van der Waals surface area (Å²) in [6.45, 7) is 4.52. The highest BCUT2D eigenvalue weighted by atomic mass is 32.2. The van der Waals surface area contributed by atoms with Crippen LogP contribution in [0.2, 0.25) is 0 Å². The Labute approximate surface area is 102 Å². The molecular formula is C12H17NO3S. The van der Waals surface area contributed by atoms with Crippen molar-refractivity contribution >= 4 is 15.6 Å². The van der Waals surface area contributed by atoms with Crippen molar-refractivity contribution in [2.75, 3.05) is 18.8 Å². The number of Topliss-reactive ketones (excluding diaryl/α,β-unsaturated/α-hetero) is 1. The number of likely N-dealkylation sites (N-methyl/N-ethyl adjacent to an activating group) is 1. The molecule has 0 aliphatic heterocycles. The van der Waals surface area contributed by atoms with Crippen molar-refractivity contribution in [2.24, 2.45) is 0 Å². The number of sulfone groups is 1. The molecule has 0 heterocycles. The Hall–Kier alpha value is -1.20. The first-order valence-electron chi connectivity index (χ1n) is 5.58. The van der Waals surface area contributed by atoms with Crippen molar-refractivity contribution in [3.8, 4) is 0 Å². The number of nitrogens with one attached hydrogen (secondary N) is 1. The van der Waals surface area contributed by atoms with E-state index in [1.54, 1.807) is 19.1 Å². The minimum atomic E-state index is -3.18. The number of benzene rings is 1. The fourth-order valence-electron chi connectivity index (χ4n) is 1.36. The van der Waals surface area contributed by atoms with Gasteiger partial charge in [0.05, 0.1) is 17.2 Å². The van der Waals surface area contributed by atoms with Crippen LogP contribution < -0.4 is 5.32 Å². The SMILES string of the molecule is CCNCC(=O)c1ccc(S(=O)(=O)CC)cc1. The van der Waals surface area contributed by atoms with Crippen molar-refractivity contribution < 1.29 is 13.2 Å². The highest BCUT2D eigenvalue weighted by molar-refractivity contribution is 7.91. The topological polar surface area (TPSA) is 63.2 Å². The van der Waals surface area contributed by atoms with E-state index in [4.69, 9.17) is 0 Å². The van der Waals surface area contributed by atoms with Crippen LogP contribution in [0.4, 0.5) is 0 Å². The van der Waals surface area contributed by atoms with Crippen molar-refractivity contribution in [1.82, 2.24) is 5.32 Å². The number of rotatable bonds is 6. The van der Waals surface area contributed by atoms with Crippen LogP contribution in [0.5, 0.6) is 0 Å². The molecule has 0 bridgehead atoms. The average Bonchev–Trinajstić information content (AvgIpc) is 2.36. The largest absolute Gasteiger partial charge is 0.310 e. The standard InChI is InChI=1S/C12H17NO3S/c1-3-13-9-12(14)10-5-7-11(8-6-10)17(15,16)4-2/h5-8,13H,3-4,9H2,1-2H3. The second-order valence-electron chi connectivity index (χ2n) is 3.63. The Morgan fingerprint density at radius 2 is 1.76 bits per heavy atom. The third kappa shape index (κ3) is 3.64. The predicted molar refractivity (Wildman–Crippen MR) is 67.0 cm³/mol. The van der Waals surface area contributed by atoms with Crippen LogP contribution in [0.1, 0.15) is 24.2 Å². The second kappa shape index (κ2) is 5.93. The van der Waals surface area contributed by atoms with E-state index in [1.165, 1.54) is 12.1 Å². The monoisotopic (exact) mass is 255 g/mol. The van der Waals surface area contributed by atoms with Gasteiger partial charge in [0.1, 0.15) is 0 Å². The molecule has 0 saturated carbocycles. The zero-order valence-electron chi connectivity index (χ0n) is 10.1. The summed E-state index contributed by atoms with van der Waals surface area (Å²) in [4.78, 5) is 11.9. The van der Waals surface area contributed by atoms with E-state index in [2.05, 4.69) is 5.32 Å². The summed E-state index contributed by atoms with van der Waals surface area (Å²) in [5, 5.41) is 2.93. The van der Waals surface area contributed by atoms with Crippen molar-refractivity contribution in [3.63, 3.8) is 0 Å². The molecule has 0 aliphatic carbocycles. The van der Waals surface area contributed by atoms with Crippen molar-refractivity contribution in [2.45, 2.75) is 18.7 Å². The summed E-state index contributed by atoms with van der Waals surface area (Å²) < 4.78 is 23.1. The van der Waals surface area contributed by atoms with Gasteiger partial charge in [-0.2, -0.15) is 0 Å². The number of carbonyl (C=O) groups is 1. The van der Waals surface area contributed by atoms with Gasteiger partial charge in [0.2, 0.25) is 0 Å². The van der Waals surface area contributed by atoms with Crippen LogP contribution in [0.15, 0.2) is 29.2 Å². The molecule has 0 saturated heterocycles. The predicted octanol–water partition coefficient (Wildman–Crippen LogP) is 1.27. The van der Waals surface area contributed by atoms with Gasteiger partial charge in [0.15, 0.2) is 15.6 Å². The van der Waals surface area contributed by atoms with Crippen LogP contribution in [0, 0.1) is 0 Å². The van der Waals surface area contributed by atoms with Gasteiger partial charge in [-0.25, -0.2) is 8.42 Å². The molecule has 0 aromatic heterocycles. The highest BCUT2D eigenvalue weighted by Gasteiger charge is 2.12. The maximum Gasteiger partial charge on any atom is 0.178 e. The fourth-order valence-corrected chi connectivity index (χ4v) is 2.24. The molecule has 17 heavy (non-hydrogen) atoms. The van der Waals surface area contributed by atoms with Gasteiger partial charge in [-0.05, 0) is 18.7 Å². The van der Waals surface area contributed by atoms with E-state index in [1.807, 2.05) is 6.92 Å². The third-order valence-corrected chi connectivity index (χ3v) is 4.20. The molecule has 0 amide bonds. The minimum absolute atomic E-state index is 0.0349. The summed E-state index contributed by atoms with van der Waals surface area (Å²) in [5.41, 5.74) is 0.529. The Bertz CT molecular complexity index is 477. The van der Waals surface area contributed by atoms with Crippen LogP contribution in [0.3, 0.4) is 0 Å². The normalized spacial score (nSPS) is 11.4. The molecule has 1 N–H and O–H groups in total. The third-order valence-electron chi connectivity index (χ3n) is 2.45. The van der Waals surface area contributed by atoms with Gasteiger partial charge in [0, 0.05) is 5.56 Å². The number of hydrogen-bond acceptors (Lipinski definition) is 4. The second-order valence-corrected chi connectivity index (χ2v) is 5.91. The molecule has 1 aromatic rings. The van der Waals surface area contributed by atoms with Gasteiger partial charge < -0.3 is 5.32 Å². The van der Waals surface area contributed by atoms with Crippen LogP contribution >= 0.6 is 0 Å². The van der Waals surface area contributed by atoms with Gasteiger partial charge in [0.25, 0.3) is 0 Å². The lowest BCUT2D eigenvalue weighted by atomic mass is 10.1. The molecule has 1 rings (SSSR count). The van der Waals surface area contributed by atoms with Gasteiger partial charge in [-0.15, -0.1) is 0 Å². The van der Waals surface area contributed by atoms with Crippen LogP contribution in [-0.4, -0.2) is 33.0 Å². The Morgan fingerprint density at radius 3 is 2.24 bits per heavy atom. The summed E-state index contributed by atoms with van der Waals surface area (Å²) >= 11 is 0. The lowest BCUT2D eigenvalue weighted by Crippen LogP contribution is -2.22. The molecule has 0 fully saturated rings. The maximum absolute atomic E-state index is 11.6.